The van der Waals surface area contributed by atoms with Crippen LogP contribution >= 0.6 is 23.2 Å². The van der Waals surface area contributed by atoms with E-state index in [4.69, 9.17) is 32.7 Å². The number of aromatic nitrogens is 1. The first-order chi connectivity index (χ1) is 11.8. The molecule has 0 radical (unpaired) electrons. The zero-order valence-electron chi connectivity index (χ0n) is 14.4. The molecule has 1 aromatic carbocycles. The topological polar surface area (TPSA) is 68.4 Å². The summed E-state index contributed by atoms with van der Waals surface area (Å²) in [6, 6.07) is 4.77. The number of carbonyl (C=O) groups excluding carboxylic acids is 2. The van der Waals surface area contributed by atoms with Crippen LogP contribution in [-0.2, 0) is 4.74 Å². The number of benzene rings is 1. The van der Waals surface area contributed by atoms with Crippen molar-refractivity contribution in [3.8, 4) is 5.75 Å². The molecule has 0 fully saturated rings. The summed E-state index contributed by atoms with van der Waals surface area (Å²) in [4.78, 5) is 27.7. The standard InChI is InChI=1S/C18H19Cl2NO4/c1-5-24-18(23)15-9(2)16(21-10(15)3)17(22)11(4)25-14-8-12(19)6-7-13(14)20/h6-8,11,21H,5H2,1-4H3/t11-/m0/s1. The molecule has 7 heteroatoms. The summed E-state index contributed by atoms with van der Waals surface area (Å²) in [6.07, 6.45) is -0.817. The quantitative estimate of drug-likeness (QED) is 0.576. The van der Waals surface area contributed by atoms with E-state index in [9.17, 15) is 9.59 Å². The molecule has 0 amide bonds. The Hall–Kier alpha value is -1.98. The molecule has 0 spiro atoms. The molecule has 1 aromatic heterocycles. The van der Waals surface area contributed by atoms with E-state index in [1.807, 2.05) is 0 Å². The number of ether oxygens (including phenoxy) is 2. The molecule has 0 aliphatic carbocycles. The molecule has 0 unspecified atom stereocenters. The van der Waals surface area contributed by atoms with Crippen LogP contribution < -0.4 is 4.74 Å². The molecule has 0 bridgehead atoms. The van der Waals surface area contributed by atoms with Gasteiger partial charge in [-0.25, -0.2) is 4.79 Å². The average molecular weight is 384 g/mol. The minimum atomic E-state index is -0.817. The minimum absolute atomic E-state index is 0.263. The maximum Gasteiger partial charge on any atom is 0.340 e. The number of aromatic amines is 1. The third-order valence-corrected chi connectivity index (χ3v) is 4.28. The third-order valence-electron chi connectivity index (χ3n) is 3.73. The molecule has 0 aliphatic rings. The van der Waals surface area contributed by atoms with Crippen molar-refractivity contribution in [1.82, 2.24) is 4.98 Å². The molecule has 0 saturated carbocycles. The summed E-state index contributed by atoms with van der Waals surface area (Å²) in [5.74, 6) is -0.437. The van der Waals surface area contributed by atoms with Crippen molar-refractivity contribution in [2.24, 2.45) is 0 Å². The number of hydrogen-bond acceptors (Lipinski definition) is 4. The Labute approximate surface area is 156 Å². The number of nitrogens with one attached hydrogen (secondary N) is 1. The van der Waals surface area contributed by atoms with Crippen LogP contribution in [0.25, 0.3) is 0 Å². The van der Waals surface area contributed by atoms with Gasteiger partial charge in [0.05, 0.1) is 22.9 Å². The molecule has 5 nitrogen and oxygen atoms in total. The molecule has 1 heterocycles. The smallest absolute Gasteiger partial charge is 0.340 e. The van der Waals surface area contributed by atoms with Crippen molar-refractivity contribution >= 4 is 35.0 Å². The Balaban J connectivity index is 2.27. The van der Waals surface area contributed by atoms with Crippen LogP contribution in [0.3, 0.4) is 0 Å². The number of H-pyrrole nitrogens is 1. The van der Waals surface area contributed by atoms with Crippen LogP contribution in [0.4, 0.5) is 0 Å². The predicted octanol–water partition coefficient (Wildman–Crippen LogP) is 4.77. The van der Waals surface area contributed by atoms with E-state index in [0.717, 1.165) is 0 Å². The lowest BCUT2D eigenvalue weighted by atomic mass is 10.1. The highest BCUT2D eigenvalue weighted by molar-refractivity contribution is 6.34. The van der Waals surface area contributed by atoms with Gasteiger partial charge in [-0.15, -0.1) is 0 Å². The second-order valence-electron chi connectivity index (χ2n) is 5.54. The molecule has 2 rings (SSSR count). The maximum atomic E-state index is 12.7. The second kappa shape index (κ2) is 7.93. The van der Waals surface area contributed by atoms with Gasteiger partial charge in [0.2, 0.25) is 5.78 Å². The Morgan fingerprint density at radius 2 is 1.92 bits per heavy atom. The van der Waals surface area contributed by atoms with Crippen LogP contribution in [0.2, 0.25) is 10.0 Å². The van der Waals surface area contributed by atoms with Gasteiger partial charge in [0.1, 0.15) is 5.75 Å². The van der Waals surface area contributed by atoms with Gasteiger partial charge < -0.3 is 14.5 Å². The van der Waals surface area contributed by atoms with Gasteiger partial charge in [-0.05, 0) is 45.4 Å². The summed E-state index contributed by atoms with van der Waals surface area (Å²) in [5, 5.41) is 0.811. The van der Waals surface area contributed by atoms with Crippen molar-refractivity contribution in [3.63, 3.8) is 0 Å². The van der Waals surface area contributed by atoms with E-state index in [-0.39, 0.29) is 12.4 Å². The number of Topliss-reactive ketones (excluding diaryl/α,β-unsaturated/α-hetero) is 1. The van der Waals surface area contributed by atoms with E-state index in [1.165, 1.54) is 0 Å². The summed E-state index contributed by atoms with van der Waals surface area (Å²) in [5.41, 5.74) is 1.80. The molecular formula is C18H19Cl2NO4. The normalized spacial score (nSPS) is 11.9. The van der Waals surface area contributed by atoms with E-state index in [2.05, 4.69) is 4.98 Å². The van der Waals surface area contributed by atoms with Crippen molar-refractivity contribution in [2.45, 2.75) is 33.8 Å². The largest absolute Gasteiger partial charge is 0.481 e. The van der Waals surface area contributed by atoms with Gasteiger partial charge in [-0.3, -0.25) is 4.79 Å². The number of esters is 1. The average Bonchev–Trinajstić information content (AvgIpc) is 2.85. The van der Waals surface area contributed by atoms with Crippen LogP contribution in [0.1, 0.15) is 46.0 Å². The first-order valence-corrected chi connectivity index (χ1v) is 8.54. The van der Waals surface area contributed by atoms with E-state index >= 15 is 0 Å². The fourth-order valence-corrected chi connectivity index (χ4v) is 2.84. The lowest BCUT2D eigenvalue weighted by Gasteiger charge is -2.15. The summed E-state index contributed by atoms with van der Waals surface area (Å²) in [6.45, 7) is 7.02. The Morgan fingerprint density at radius 3 is 2.56 bits per heavy atom. The van der Waals surface area contributed by atoms with E-state index < -0.39 is 12.1 Å². The zero-order valence-corrected chi connectivity index (χ0v) is 15.9. The van der Waals surface area contributed by atoms with Gasteiger partial charge in [-0.2, -0.15) is 0 Å². The van der Waals surface area contributed by atoms with Crippen LogP contribution in [0, 0.1) is 13.8 Å². The molecule has 0 saturated heterocycles. The highest BCUT2D eigenvalue weighted by atomic mass is 35.5. The number of ketones is 1. The van der Waals surface area contributed by atoms with Crippen LogP contribution in [0.15, 0.2) is 18.2 Å². The van der Waals surface area contributed by atoms with E-state index in [0.29, 0.717) is 38.3 Å². The van der Waals surface area contributed by atoms with Crippen molar-refractivity contribution in [2.75, 3.05) is 6.61 Å². The van der Waals surface area contributed by atoms with Gasteiger partial charge in [0, 0.05) is 16.8 Å². The lowest BCUT2D eigenvalue weighted by molar-refractivity contribution is 0.0525. The zero-order chi connectivity index (χ0) is 18.7. The number of rotatable bonds is 6. The molecular weight excluding hydrogens is 365 g/mol. The van der Waals surface area contributed by atoms with Crippen molar-refractivity contribution in [1.29, 1.82) is 0 Å². The van der Waals surface area contributed by atoms with Crippen molar-refractivity contribution in [3.05, 3.63) is 50.8 Å². The highest BCUT2D eigenvalue weighted by Crippen LogP contribution is 2.29. The maximum absolute atomic E-state index is 12.7. The molecule has 25 heavy (non-hydrogen) atoms. The van der Waals surface area contributed by atoms with Crippen molar-refractivity contribution < 1.29 is 19.1 Å². The predicted molar refractivity (Wildman–Crippen MR) is 97.1 cm³/mol. The number of hydrogen-bond donors (Lipinski definition) is 1. The lowest BCUT2D eigenvalue weighted by Crippen LogP contribution is -2.25. The monoisotopic (exact) mass is 383 g/mol. The van der Waals surface area contributed by atoms with E-state index in [1.54, 1.807) is 45.9 Å². The summed E-state index contributed by atoms with van der Waals surface area (Å²) < 4.78 is 10.7. The Morgan fingerprint density at radius 1 is 1.24 bits per heavy atom. The molecule has 2 aromatic rings. The molecule has 134 valence electrons. The number of aryl methyl sites for hydroxylation is 1. The van der Waals surface area contributed by atoms with Gasteiger partial charge in [-0.1, -0.05) is 23.2 Å². The summed E-state index contributed by atoms with van der Waals surface area (Å²) >= 11 is 12.0. The van der Waals surface area contributed by atoms with Gasteiger partial charge >= 0.3 is 5.97 Å². The third kappa shape index (κ3) is 4.17. The van der Waals surface area contributed by atoms with Crippen LogP contribution in [-0.4, -0.2) is 29.4 Å². The molecule has 1 atom stereocenters. The van der Waals surface area contributed by atoms with Crippen LogP contribution in [0.5, 0.6) is 5.75 Å². The summed E-state index contributed by atoms with van der Waals surface area (Å²) in [7, 11) is 0. The van der Waals surface area contributed by atoms with Gasteiger partial charge in [0.15, 0.2) is 6.10 Å². The first kappa shape index (κ1) is 19.3. The second-order valence-corrected chi connectivity index (χ2v) is 6.39. The fourth-order valence-electron chi connectivity index (χ4n) is 2.52. The fraction of sp³-hybridized carbons (Fsp3) is 0.333. The Kier molecular flexibility index (Phi) is 6.14. The van der Waals surface area contributed by atoms with Gasteiger partial charge in [0.25, 0.3) is 0 Å². The molecule has 1 N–H and O–H groups in total. The Bertz CT molecular complexity index is 814. The molecule has 0 aliphatic heterocycles. The minimum Gasteiger partial charge on any atom is -0.481 e. The number of halogens is 2. The SMILES string of the molecule is CCOC(=O)c1c(C)[nH]c(C(=O)[C@H](C)Oc2cc(Cl)ccc2Cl)c1C. The number of carbonyl (C=O) groups is 2. The highest BCUT2D eigenvalue weighted by Gasteiger charge is 2.27. The first-order valence-electron chi connectivity index (χ1n) is 7.78.